The van der Waals surface area contributed by atoms with Crippen LogP contribution in [0.15, 0.2) is 46.9 Å². The predicted octanol–water partition coefficient (Wildman–Crippen LogP) is 3.91. The van der Waals surface area contributed by atoms with Crippen LogP contribution in [0.4, 0.5) is 11.4 Å². The number of halogens is 2. The van der Waals surface area contributed by atoms with Crippen LogP contribution in [-0.4, -0.2) is 18.6 Å². The molecule has 0 radical (unpaired) electrons. The minimum Gasteiger partial charge on any atom is -0.477 e. The van der Waals surface area contributed by atoms with E-state index >= 15 is 0 Å². The number of hydrogen-bond acceptors (Lipinski definition) is 3. The number of para-hydroxylation sites is 2. The van der Waals surface area contributed by atoms with Crippen molar-refractivity contribution in [3.05, 3.63) is 52.0 Å². The van der Waals surface area contributed by atoms with Crippen LogP contribution in [0.5, 0.6) is 5.75 Å². The number of nitrogens with one attached hydrogen (secondary N) is 2. The molecule has 0 saturated heterocycles. The van der Waals surface area contributed by atoms with E-state index in [1.54, 1.807) is 18.2 Å². The van der Waals surface area contributed by atoms with Gasteiger partial charge < -0.3 is 15.4 Å². The zero-order chi connectivity index (χ0) is 14.8. The number of ether oxygens (including phenoxy) is 1. The average Bonchev–Trinajstić information content (AvgIpc) is 2.50. The Labute approximate surface area is 135 Å². The molecule has 2 aromatic rings. The lowest BCUT2D eigenvalue weighted by Gasteiger charge is -2.26. The zero-order valence-corrected chi connectivity index (χ0v) is 13.2. The summed E-state index contributed by atoms with van der Waals surface area (Å²) in [6, 6.07) is 12.8. The number of benzene rings is 2. The molecule has 1 heterocycles. The summed E-state index contributed by atoms with van der Waals surface area (Å²) in [4.78, 5) is 12.2. The van der Waals surface area contributed by atoms with Crippen molar-refractivity contribution >= 4 is 44.8 Å². The standard InChI is InChI=1S/C15H12BrClN2O2/c16-10-7-9(5-6-11(10)17)19-15(20)14-8-18-12-3-1-2-4-13(12)21-14/h1-7,14,18H,8H2,(H,19,20). The van der Waals surface area contributed by atoms with Gasteiger partial charge in [0.05, 0.1) is 17.3 Å². The number of anilines is 2. The van der Waals surface area contributed by atoms with E-state index in [2.05, 4.69) is 26.6 Å². The third-order valence-corrected chi connectivity index (χ3v) is 4.33. The van der Waals surface area contributed by atoms with Crippen LogP contribution in [0.2, 0.25) is 5.02 Å². The van der Waals surface area contributed by atoms with Crippen molar-refractivity contribution in [2.45, 2.75) is 6.10 Å². The number of fused-ring (bicyclic) bond motifs is 1. The molecular weight excluding hydrogens is 356 g/mol. The highest BCUT2D eigenvalue weighted by atomic mass is 79.9. The highest BCUT2D eigenvalue weighted by molar-refractivity contribution is 9.10. The monoisotopic (exact) mass is 366 g/mol. The van der Waals surface area contributed by atoms with Crippen LogP contribution in [0.1, 0.15) is 0 Å². The quantitative estimate of drug-likeness (QED) is 0.846. The third kappa shape index (κ3) is 3.14. The highest BCUT2D eigenvalue weighted by Crippen LogP contribution is 2.29. The summed E-state index contributed by atoms with van der Waals surface area (Å²) in [6.07, 6.45) is -0.575. The van der Waals surface area contributed by atoms with Crippen molar-refractivity contribution in [3.8, 4) is 5.75 Å². The Balaban J connectivity index is 1.70. The molecule has 1 atom stereocenters. The van der Waals surface area contributed by atoms with Crippen molar-refractivity contribution in [1.82, 2.24) is 0 Å². The molecule has 0 aromatic heterocycles. The molecule has 2 N–H and O–H groups in total. The van der Waals surface area contributed by atoms with E-state index in [9.17, 15) is 4.79 Å². The van der Waals surface area contributed by atoms with Gasteiger partial charge in [-0.05, 0) is 46.3 Å². The Hall–Kier alpha value is -1.72. The fraction of sp³-hybridized carbons (Fsp3) is 0.133. The molecule has 1 aliphatic heterocycles. The van der Waals surface area contributed by atoms with Gasteiger partial charge in [-0.2, -0.15) is 0 Å². The van der Waals surface area contributed by atoms with Gasteiger partial charge in [0.2, 0.25) is 0 Å². The number of carbonyl (C=O) groups excluding carboxylic acids is 1. The van der Waals surface area contributed by atoms with Gasteiger partial charge in [0.25, 0.3) is 5.91 Å². The van der Waals surface area contributed by atoms with Crippen LogP contribution in [0.3, 0.4) is 0 Å². The summed E-state index contributed by atoms with van der Waals surface area (Å²) in [5, 5.41) is 6.60. The Kier molecular flexibility index (Phi) is 4.03. The second-order valence-electron chi connectivity index (χ2n) is 4.60. The first-order valence-electron chi connectivity index (χ1n) is 6.39. The van der Waals surface area contributed by atoms with Gasteiger partial charge in [0.15, 0.2) is 6.10 Å². The van der Waals surface area contributed by atoms with Gasteiger partial charge in [0.1, 0.15) is 5.75 Å². The molecule has 6 heteroatoms. The Morgan fingerprint density at radius 1 is 1.33 bits per heavy atom. The van der Waals surface area contributed by atoms with Gasteiger partial charge in [-0.3, -0.25) is 4.79 Å². The van der Waals surface area contributed by atoms with Crippen LogP contribution in [0.25, 0.3) is 0 Å². The highest BCUT2D eigenvalue weighted by Gasteiger charge is 2.25. The Morgan fingerprint density at radius 3 is 2.95 bits per heavy atom. The van der Waals surface area contributed by atoms with E-state index in [1.807, 2.05) is 24.3 Å². The van der Waals surface area contributed by atoms with Crippen LogP contribution in [-0.2, 0) is 4.79 Å². The molecule has 108 valence electrons. The molecule has 0 bridgehead atoms. The molecule has 0 saturated carbocycles. The minimum atomic E-state index is -0.575. The van der Waals surface area contributed by atoms with E-state index in [1.165, 1.54) is 0 Å². The predicted molar refractivity (Wildman–Crippen MR) is 87.1 cm³/mol. The molecule has 0 fully saturated rings. The zero-order valence-electron chi connectivity index (χ0n) is 10.9. The van der Waals surface area contributed by atoms with Crippen molar-refractivity contribution in [2.24, 2.45) is 0 Å². The lowest BCUT2D eigenvalue weighted by molar-refractivity contribution is -0.122. The topological polar surface area (TPSA) is 50.4 Å². The first-order chi connectivity index (χ1) is 10.1. The third-order valence-electron chi connectivity index (χ3n) is 3.11. The number of amides is 1. The summed E-state index contributed by atoms with van der Waals surface area (Å²) >= 11 is 9.25. The second-order valence-corrected chi connectivity index (χ2v) is 5.86. The summed E-state index contributed by atoms with van der Waals surface area (Å²) in [7, 11) is 0. The largest absolute Gasteiger partial charge is 0.477 e. The first-order valence-corrected chi connectivity index (χ1v) is 7.56. The Bertz CT molecular complexity index is 693. The summed E-state index contributed by atoms with van der Waals surface area (Å²) < 4.78 is 6.44. The minimum absolute atomic E-state index is 0.203. The fourth-order valence-electron chi connectivity index (χ4n) is 2.06. The van der Waals surface area contributed by atoms with Crippen molar-refractivity contribution in [1.29, 1.82) is 0 Å². The van der Waals surface area contributed by atoms with E-state index in [-0.39, 0.29) is 5.91 Å². The molecule has 0 aliphatic carbocycles. The van der Waals surface area contributed by atoms with E-state index < -0.39 is 6.10 Å². The summed E-state index contributed by atoms with van der Waals surface area (Å²) in [5.41, 5.74) is 1.56. The molecule has 4 nitrogen and oxygen atoms in total. The number of rotatable bonds is 2. The molecule has 0 spiro atoms. The molecule has 3 rings (SSSR count). The summed E-state index contributed by atoms with van der Waals surface area (Å²) in [6.45, 7) is 0.428. The Morgan fingerprint density at radius 2 is 2.14 bits per heavy atom. The van der Waals surface area contributed by atoms with Crippen molar-refractivity contribution < 1.29 is 9.53 Å². The van der Waals surface area contributed by atoms with Crippen LogP contribution >= 0.6 is 27.5 Å². The lowest BCUT2D eigenvalue weighted by atomic mass is 10.2. The van der Waals surface area contributed by atoms with Crippen molar-refractivity contribution in [3.63, 3.8) is 0 Å². The SMILES string of the molecule is O=C(Nc1ccc(Cl)c(Br)c1)C1CNc2ccccc2O1. The maximum atomic E-state index is 12.2. The van der Waals surface area contributed by atoms with E-state index in [0.717, 1.165) is 10.2 Å². The maximum Gasteiger partial charge on any atom is 0.267 e. The van der Waals surface area contributed by atoms with Gasteiger partial charge >= 0.3 is 0 Å². The van der Waals surface area contributed by atoms with Gasteiger partial charge in [0, 0.05) is 10.2 Å². The maximum absolute atomic E-state index is 12.2. The van der Waals surface area contributed by atoms with Crippen LogP contribution < -0.4 is 15.4 Å². The smallest absolute Gasteiger partial charge is 0.267 e. The molecule has 2 aromatic carbocycles. The van der Waals surface area contributed by atoms with Crippen molar-refractivity contribution in [2.75, 3.05) is 17.2 Å². The molecule has 1 unspecified atom stereocenters. The first kappa shape index (κ1) is 14.2. The lowest BCUT2D eigenvalue weighted by Crippen LogP contribution is -2.41. The molecular formula is C15H12BrClN2O2. The van der Waals surface area contributed by atoms with E-state index in [4.69, 9.17) is 16.3 Å². The number of hydrogen-bond donors (Lipinski definition) is 2. The average molecular weight is 368 g/mol. The van der Waals surface area contributed by atoms with Crippen LogP contribution in [0, 0.1) is 0 Å². The van der Waals surface area contributed by atoms with Gasteiger partial charge in [-0.1, -0.05) is 23.7 Å². The van der Waals surface area contributed by atoms with Gasteiger partial charge in [-0.15, -0.1) is 0 Å². The summed E-state index contributed by atoms with van der Waals surface area (Å²) in [5.74, 6) is 0.479. The molecule has 21 heavy (non-hydrogen) atoms. The molecule has 1 aliphatic rings. The van der Waals surface area contributed by atoms with Gasteiger partial charge in [-0.25, -0.2) is 0 Å². The van der Waals surface area contributed by atoms with E-state index in [0.29, 0.717) is 23.0 Å². The second kappa shape index (κ2) is 5.95. The normalized spacial score (nSPS) is 16.4. The number of carbonyl (C=O) groups is 1. The molecule has 1 amide bonds. The fourth-order valence-corrected chi connectivity index (χ4v) is 2.55.